The summed E-state index contributed by atoms with van der Waals surface area (Å²) in [6.07, 6.45) is 1.57. The van der Waals surface area contributed by atoms with Crippen LogP contribution in [0.2, 0.25) is 0 Å². The molecule has 0 saturated heterocycles. The van der Waals surface area contributed by atoms with Gasteiger partial charge in [0.25, 0.3) is 0 Å². The summed E-state index contributed by atoms with van der Waals surface area (Å²) in [7, 11) is 0. The number of hydrogen-bond donors (Lipinski definition) is 0. The van der Waals surface area contributed by atoms with E-state index in [9.17, 15) is 4.79 Å². The fourth-order valence-corrected chi connectivity index (χ4v) is 1.59. The normalized spacial score (nSPS) is 11.6. The highest BCUT2D eigenvalue weighted by atomic mass is 16.1. The molecule has 0 bridgehead atoms. The van der Waals surface area contributed by atoms with Gasteiger partial charge >= 0.3 is 0 Å². The second kappa shape index (κ2) is 5.28. The molecule has 0 heterocycles. The molecule has 2 nitrogen and oxygen atoms in total. The Morgan fingerprint density at radius 2 is 2.20 bits per heavy atom. The van der Waals surface area contributed by atoms with Crippen molar-refractivity contribution >= 4 is 11.7 Å². The molecule has 0 saturated carbocycles. The van der Waals surface area contributed by atoms with E-state index >= 15 is 0 Å². The van der Waals surface area contributed by atoms with Crippen molar-refractivity contribution in [2.24, 2.45) is 4.99 Å². The first kappa shape index (κ1) is 11.4. The predicted molar refractivity (Wildman–Crippen MR) is 62.6 cm³/mol. The zero-order chi connectivity index (χ0) is 11.3. The largest absolute Gasteiger partial charge is 0.234 e. The molecule has 0 N–H and O–H groups in total. The zero-order valence-corrected chi connectivity index (χ0v) is 9.16. The summed E-state index contributed by atoms with van der Waals surface area (Å²) in [6, 6.07) is 8.07. The standard InChI is InChI=1S/C13H15NO/c1-10(2)12-6-4-5-7-13(12)11(3)8-14-9-15/h4-7,11H,1,8H2,2-3H3. The fourth-order valence-electron chi connectivity index (χ4n) is 1.59. The van der Waals surface area contributed by atoms with Crippen molar-refractivity contribution in [2.45, 2.75) is 19.8 Å². The van der Waals surface area contributed by atoms with Crippen LogP contribution in [0.3, 0.4) is 0 Å². The lowest BCUT2D eigenvalue weighted by molar-refractivity contribution is 0.561. The number of rotatable bonds is 4. The smallest absolute Gasteiger partial charge is 0.211 e. The van der Waals surface area contributed by atoms with Crippen LogP contribution in [0.4, 0.5) is 0 Å². The summed E-state index contributed by atoms with van der Waals surface area (Å²) in [5, 5.41) is 0. The van der Waals surface area contributed by atoms with Gasteiger partial charge in [-0.1, -0.05) is 43.3 Å². The van der Waals surface area contributed by atoms with Crippen molar-refractivity contribution in [3.63, 3.8) is 0 Å². The van der Waals surface area contributed by atoms with Gasteiger partial charge in [-0.15, -0.1) is 0 Å². The molecule has 2 heteroatoms. The van der Waals surface area contributed by atoms with E-state index in [2.05, 4.69) is 17.6 Å². The molecule has 0 radical (unpaired) electrons. The van der Waals surface area contributed by atoms with Gasteiger partial charge in [0.2, 0.25) is 6.08 Å². The van der Waals surface area contributed by atoms with Gasteiger partial charge in [0.15, 0.2) is 0 Å². The number of isocyanates is 1. The predicted octanol–water partition coefficient (Wildman–Crippen LogP) is 3.16. The van der Waals surface area contributed by atoms with Gasteiger partial charge < -0.3 is 0 Å². The number of carbonyl (C=O) groups excluding carboxylic acids is 1. The quantitative estimate of drug-likeness (QED) is 0.543. The van der Waals surface area contributed by atoms with E-state index in [-0.39, 0.29) is 5.92 Å². The van der Waals surface area contributed by atoms with E-state index in [1.54, 1.807) is 6.08 Å². The van der Waals surface area contributed by atoms with Crippen LogP contribution in [0, 0.1) is 0 Å². The van der Waals surface area contributed by atoms with Crippen LogP contribution < -0.4 is 0 Å². The average Bonchev–Trinajstić information content (AvgIpc) is 2.25. The van der Waals surface area contributed by atoms with Crippen molar-refractivity contribution in [1.82, 2.24) is 0 Å². The molecule has 0 aliphatic carbocycles. The second-order valence-corrected chi connectivity index (χ2v) is 3.70. The lowest BCUT2D eigenvalue weighted by Gasteiger charge is -2.13. The summed E-state index contributed by atoms with van der Waals surface area (Å²) in [6.45, 7) is 8.45. The molecule has 0 amide bonds. The summed E-state index contributed by atoms with van der Waals surface area (Å²) in [5.41, 5.74) is 3.36. The van der Waals surface area contributed by atoms with Crippen molar-refractivity contribution in [3.8, 4) is 0 Å². The lowest BCUT2D eigenvalue weighted by atomic mass is 9.93. The first-order chi connectivity index (χ1) is 7.16. The maximum absolute atomic E-state index is 10.1. The molecular weight excluding hydrogens is 186 g/mol. The Labute approximate surface area is 90.4 Å². The van der Waals surface area contributed by atoms with E-state index in [0.717, 1.165) is 11.1 Å². The van der Waals surface area contributed by atoms with Crippen molar-refractivity contribution in [2.75, 3.05) is 6.54 Å². The maximum atomic E-state index is 10.1. The number of allylic oxidation sites excluding steroid dienone is 1. The van der Waals surface area contributed by atoms with Gasteiger partial charge in [-0.3, -0.25) is 0 Å². The van der Waals surface area contributed by atoms with Crippen molar-refractivity contribution in [1.29, 1.82) is 0 Å². The van der Waals surface area contributed by atoms with Crippen LogP contribution in [-0.4, -0.2) is 12.6 Å². The molecule has 0 aliphatic heterocycles. The first-order valence-corrected chi connectivity index (χ1v) is 4.95. The minimum atomic E-state index is 0.222. The molecule has 0 aromatic heterocycles. The molecule has 1 atom stereocenters. The number of aliphatic imine (C=N–C) groups is 1. The highest BCUT2D eigenvalue weighted by Gasteiger charge is 2.09. The van der Waals surface area contributed by atoms with Crippen LogP contribution in [0.25, 0.3) is 5.57 Å². The average molecular weight is 201 g/mol. The highest BCUT2D eigenvalue weighted by molar-refractivity contribution is 5.65. The Bertz CT molecular complexity index is 403. The Morgan fingerprint density at radius 1 is 1.53 bits per heavy atom. The van der Waals surface area contributed by atoms with E-state index in [4.69, 9.17) is 0 Å². The first-order valence-electron chi connectivity index (χ1n) is 4.95. The molecule has 0 fully saturated rings. The fraction of sp³-hybridized carbons (Fsp3) is 0.308. The van der Waals surface area contributed by atoms with Gasteiger partial charge in [0, 0.05) is 5.92 Å². The van der Waals surface area contributed by atoms with Gasteiger partial charge in [-0.05, 0) is 18.1 Å². The van der Waals surface area contributed by atoms with Crippen LogP contribution >= 0.6 is 0 Å². The number of hydrogen-bond acceptors (Lipinski definition) is 2. The minimum absolute atomic E-state index is 0.222. The Kier molecular flexibility index (Phi) is 4.02. The van der Waals surface area contributed by atoms with Gasteiger partial charge in [0.05, 0.1) is 6.54 Å². The summed E-state index contributed by atoms with van der Waals surface area (Å²) in [4.78, 5) is 13.7. The SMILES string of the molecule is C=C(C)c1ccccc1C(C)CN=C=O. The van der Waals surface area contributed by atoms with E-state index in [0.29, 0.717) is 6.54 Å². The second-order valence-electron chi connectivity index (χ2n) is 3.70. The number of benzene rings is 1. The van der Waals surface area contributed by atoms with Crippen LogP contribution in [0.5, 0.6) is 0 Å². The Balaban J connectivity index is 3.01. The monoisotopic (exact) mass is 201 g/mol. The van der Waals surface area contributed by atoms with Crippen LogP contribution in [0.1, 0.15) is 30.9 Å². The summed E-state index contributed by atoms with van der Waals surface area (Å²) >= 11 is 0. The van der Waals surface area contributed by atoms with E-state index in [1.165, 1.54) is 5.56 Å². The zero-order valence-electron chi connectivity index (χ0n) is 9.16. The molecular formula is C13H15NO. The van der Waals surface area contributed by atoms with E-state index < -0.39 is 0 Å². The molecule has 0 aliphatic rings. The number of nitrogens with zero attached hydrogens (tertiary/aromatic N) is 1. The molecule has 1 rings (SSSR count). The van der Waals surface area contributed by atoms with Crippen LogP contribution in [0.15, 0.2) is 35.8 Å². The maximum Gasteiger partial charge on any atom is 0.234 e. The topological polar surface area (TPSA) is 29.4 Å². The van der Waals surface area contributed by atoms with E-state index in [1.807, 2.05) is 32.0 Å². The summed E-state index contributed by atoms with van der Waals surface area (Å²) < 4.78 is 0. The third-order valence-corrected chi connectivity index (χ3v) is 2.38. The van der Waals surface area contributed by atoms with Crippen LogP contribution in [-0.2, 0) is 4.79 Å². The van der Waals surface area contributed by atoms with Gasteiger partial charge in [-0.25, -0.2) is 9.79 Å². The van der Waals surface area contributed by atoms with Gasteiger partial charge in [-0.2, -0.15) is 0 Å². The molecule has 1 unspecified atom stereocenters. The van der Waals surface area contributed by atoms with Crippen molar-refractivity contribution < 1.29 is 4.79 Å². The summed E-state index contributed by atoms with van der Waals surface area (Å²) in [5.74, 6) is 0.222. The molecule has 78 valence electrons. The van der Waals surface area contributed by atoms with Crippen molar-refractivity contribution in [3.05, 3.63) is 42.0 Å². The molecule has 15 heavy (non-hydrogen) atoms. The highest BCUT2D eigenvalue weighted by Crippen LogP contribution is 2.24. The Morgan fingerprint density at radius 3 is 2.80 bits per heavy atom. The third-order valence-electron chi connectivity index (χ3n) is 2.38. The molecule has 1 aromatic carbocycles. The lowest BCUT2D eigenvalue weighted by Crippen LogP contribution is -2.01. The minimum Gasteiger partial charge on any atom is -0.211 e. The van der Waals surface area contributed by atoms with Gasteiger partial charge in [0.1, 0.15) is 0 Å². The third kappa shape index (κ3) is 2.90. The molecule has 0 spiro atoms. The molecule has 1 aromatic rings. The Hall–Kier alpha value is -1.66.